The molecule has 1 rings (SSSR count). The summed E-state index contributed by atoms with van der Waals surface area (Å²) in [6, 6.07) is 5.42. The molecular formula is C11H15NO3. The number of aliphatic hydroxyl groups excluding tert-OH is 1. The fourth-order valence-corrected chi connectivity index (χ4v) is 1.31. The highest BCUT2D eigenvalue weighted by Gasteiger charge is 2.07. The molecule has 0 saturated heterocycles. The Kier molecular flexibility index (Phi) is 4.12. The van der Waals surface area contributed by atoms with E-state index in [2.05, 4.69) is 5.32 Å². The quantitative estimate of drug-likeness (QED) is 0.801. The number of benzene rings is 1. The van der Waals surface area contributed by atoms with Gasteiger partial charge in [-0.2, -0.15) is 0 Å². The summed E-state index contributed by atoms with van der Waals surface area (Å²) < 4.78 is 4.75. The van der Waals surface area contributed by atoms with Crippen molar-refractivity contribution < 1.29 is 14.6 Å². The van der Waals surface area contributed by atoms with E-state index in [1.165, 1.54) is 0 Å². The molecule has 0 bridgehead atoms. The van der Waals surface area contributed by atoms with Crippen LogP contribution in [0.2, 0.25) is 0 Å². The largest absolute Gasteiger partial charge is 0.450 e. The number of anilines is 1. The van der Waals surface area contributed by atoms with Gasteiger partial charge in [-0.3, -0.25) is 5.32 Å². The number of rotatable bonds is 3. The maximum atomic E-state index is 11.2. The number of amides is 1. The molecule has 0 aliphatic rings. The Hall–Kier alpha value is -1.55. The second-order valence-corrected chi connectivity index (χ2v) is 3.10. The Morgan fingerprint density at radius 2 is 2.27 bits per heavy atom. The van der Waals surface area contributed by atoms with Crippen LogP contribution in [-0.4, -0.2) is 17.8 Å². The second-order valence-electron chi connectivity index (χ2n) is 3.10. The van der Waals surface area contributed by atoms with Crippen LogP contribution in [0, 0.1) is 6.92 Å². The highest BCUT2D eigenvalue weighted by molar-refractivity contribution is 5.85. The zero-order chi connectivity index (χ0) is 11.3. The predicted octanol–water partition coefficient (Wildman–Crippen LogP) is 2.06. The van der Waals surface area contributed by atoms with Crippen LogP contribution in [0.3, 0.4) is 0 Å². The van der Waals surface area contributed by atoms with Crippen molar-refractivity contribution in [3.8, 4) is 0 Å². The molecule has 4 heteroatoms. The van der Waals surface area contributed by atoms with Gasteiger partial charge in [-0.05, 0) is 25.5 Å². The first-order valence-electron chi connectivity index (χ1n) is 4.82. The Morgan fingerprint density at radius 3 is 2.87 bits per heavy atom. The minimum atomic E-state index is -0.502. The molecule has 1 aromatic carbocycles. The van der Waals surface area contributed by atoms with E-state index in [1.54, 1.807) is 13.0 Å². The SMILES string of the molecule is CCOC(=O)Nc1cccc(C)c1CO. The molecule has 1 amide bonds. The van der Waals surface area contributed by atoms with Gasteiger partial charge in [-0.25, -0.2) is 4.79 Å². The maximum absolute atomic E-state index is 11.2. The van der Waals surface area contributed by atoms with E-state index < -0.39 is 6.09 Å². The minimum absolute atomic E-state index is 0.103. The Morgan fingerprint density at radius 1 is 1.53 bits per heavy atom. The molecule has 0 unspecified atom stereocenters. The number of aliphatic hydroxyl groups is 1. The normalized spacial score (nSPS) is 9.80. The number of hydrogen-bond donors (Lipinski definition) is 2. The third kappa shape index (κ3) is 2.95. The van der Waals surface area contributed by atoms with E-state index in [0.717, 1.165) is 5.56 Å². The van der Waals surface area contributed by atoms with Crippen molar-refractivity contribution in [2.24, 2.45) is 0 Å². The highest BCUT2D eigenvalue weighted by Crippen LogP contribution is 2.19. The molecule has 4 nitrogen and oxygen atoms in total. The van der Waals surface area contributed by atoms with Gasteiger partial charge in [0.2, 0.25) is 0 Å². The van der Waals surface area contributed by atoms with E-state index in [4.69, 9.17) is 9.84 Å². The number of nitrogens with one attached hydrogen (secondary N) is 1. The number of carbonyl (C=O) groups excluding carboxylic acids is 1. The van der Waals surface area contributed by atoms with Crippen molar-refractivity contribution in [1.82, 2.24) is 0 Å². The summed E-state index contributed by atoms with van der Waals surface area (Å²) in [5.41, 5.74) is 2.24. The summed E-state index contributed by atoms with van der Waals surface area (Å²) in [4.78, 5) is 11.2. The molecule has 0 aliphatic heterocycles. The molecule has 0 spiro atoms. The third-order valence-corrected chi connectivity index (χ3v) is 2.08. The first-order valence-corrected chi connectivity index (χ1v) is 4.82. The summed E-state index contributed by atoms with van der Waals surface area (Å²) in [6.45, 7) is 3.84. The summed E-state index contributed by atoms with van der Waals surface area (Å²) in [5.74, 6) is 0. The lowest BCUT2D eigenvalue weighted by atomic mass is 10.1. The Labute approximate surface area is 88.9 Å². The fourth-order valence-electron chi connectivity index (χ4n) is 1.31. The van der Waals surface area contributed by atoms with Crippen molar-refractivity contribution in [3.05, 3.63) is 29.3 Å². The standard InChI is InChI=1S/C11H15NO3/c1-3-15-11(14)12-10-6-4-5-8(2)9(10)7-13/h4-6,13H,3,7H2,1-2H3,(H,12,14). The number of aryl methyl sites for hydroxylation is 1. The van der Waals surface area contributed by atoms with E-state index >= 15 is 0 Å². The predicted molar refractivity (Wildman–Crippen MR) is 57.7 cm³/mol. The summed E-state index contributed by atoms with van der Waals surface area (Å²) in [7, 11) is 0. The summed E-state index contributed by atoms with van der Waals surface area (Å²) in [5, 5.41) is 11.7. The van der Waals surface area contributed by atoms with Gasteiger partial charge in [0.1, 0.15) is 0 Å². The van der Waals surface area contributed by atoms with Crippen molar-refractivity contribution in [2.75, 3.05) is 11.9 Å². The second kappa shape index (κ2) is 5.36. The molecule has 1 aromatic rings. The van der Waals surface area contributed by atoms with E-state index in [-0.39, 0.29) is 6.61 Å². The van der Waals surface area contributed by atoms with Gasteiger partial charge in [-0.15, -0.1) is 0 Å². The van der Waals surface area contributed by atoms with Crippen LogP contribution in [0.1, 0.15) is 18.1 Å². The lowest BCUT2D eigenvalue weighted by Crippen LogP contribution is -2.15. The Bertz CT molecular complexity index is 350. The van der Waals surface area contributed by atoms with Gasteiger partial charge in [0.05, 0.1) is 13.2 Å². The van der Waals surface area contributed by atoms with Crippen molar-refractivity contribution >= 4 is 11.8 Å². The topological polar surface area (TPSA) is 58.6 Å². The van der Waals surface area contributed by atoms with E-state index in [1.807, 2.05) is 19.1 Å². The van der Waals surface area contributed by atoms with Crippen molar-refractivity contribution in [1.29, 1.82) is 0 Å². The molecule has 82 valence electrons. The number of ether oxygens (including phenoxy) is 1. The molecular weight excluding hydrogens is 194 g/mol. The van der Waals surface area contributed by atoms with Crippen LogP contribution in [0.15, 0.2) is 18.2 Å². The molecule has 2 N–H and O–H groups in total. The van der Waals surface area contributed by atoms with Gasteiger partial charge in [0.15, 0.2) is 0 Å². The third-order valence-electron chi connectivity index (χ3n) is 2.08. The molecule has 0 fully saturated rings. The summed E-state index contributed by atoms with van der Waals surface area (Å²) >= 11 is 0. The monoisotopic (exact) mass is 209 g/mol. The molecule has 15 heavy (non-hydrogen) atoms. The van der Waals surface area contributed by atoms with Gasteiger partial charge in [0, 0.05) is 11.3 Å². The van der Waals surface area contributed by atoms with Crippen LogP contribution in [-0.2, 0) is 11.3 Å². The minimum Gasteiger partial charge on any atom is -0.450 e. The van der Waals surface area contributed by atoms with E-state index in [0.29, 0.717) is 17.9 Å². The van der Waals surface area contributed by atoms with Gasteiger partial charge in [-0.1, -0.05) is 12.1 Å². The smallest absolute Gasteiger partial charge is 0.411 e. The zero-order valence-electron chi connectivity index (χ0n) is 8.91. The molecule has 0 aromatic heterocycles. The molecule has 0 aliphatic carbocycles. The maximum Gasteiger partial charge on any atom is 0.411 e. The van der Waals surface area contributed by atoms with Gasteiger partial charge < -0.3 is 9.84 Å². The molecule has 0 saturated carbocycles. The van der Waals surface area contributed by atoms with Crippen molar-refractivity contribution in [3.63, 3.8) is 0 Å². The first kappa shape index (κ1) is 11.5. The lowest BCUT2D eigenvalue weighted by molar-refractivity contribution is 0.168. The molecule has 0 radical (unpaired) electrons. The van der Waals surface area contributed by atoms with Crippen LogP contribution in [0.4, 0.5) is 10.5 Å². The highest BCUT2D eigenvalue weighted by atomic mass is 16.5. The summed E-state index contributed by atoms with van der Waals surface area (Å²) in [6.07, 6.45) is -0.502. The Balaban J connectivity index is 2.84. The van der Waals surface area contributed by atoms with Gasteiger partial charge >= 0.3 is 6.09 Å². The molecule has 0 heterocycles. The van der Waals surface area contributed by atoms with Crippen LogP contribution in [0.25, 0.3) is 0 Å². The number of carbonyl (C=O) groups is 1. The average Bonchev–Trinajstić information content (AvgIpc) is 2.18. The first-order chi connectivity index (χ1) is 7.19. The average molecular weight is 209 g/mol. The number of hydrogen-bond acceptors (Lipinski definition) is 3. The fraction of sp³-hybridized carbons (Fsp3) is 0.364. The van der Waals surface area contributed by atoms with Crippen LogP contribution >= 0.6 is 0 Å². The van der Waals surface area contributed by atoms with Gasteiger partial charge in [0.25, 0.3) is 0 Å². The molecule has 0 atom stereocenters. The van der Waals surface area contributed by atoms with Crippen LogP contribution in [0.5, 0.6) is 0 Å². The zero-order valence-corrected chi connectivity index (χ0v) is 8.91. The van der Waals surface area contributed by atoms with E-state index in [9.17, 15) is 4.79 Å². The lowest BCUT2D eigenvalue weighted by Gasteiger charge is -2.11. The van der Waals surface area contributed by atoms with Crippen molar-refractivity contribution in [2.45, 2.75) is 20.5 Å². The van der Waals surface area contributed by atoms with Crippen LogP contribution < -0.4 is 5.32 Å².